The predicted octanol–water partition coefficient (Wildman–Crippen LogP) is 3.07. The molecule has 23 heavy (non-hydrogen) atoms. The van der Waals surface area contributed by atoms with Crippen LogP contribution in [-0.2, 0) is 4.74 Å². The first-order valence-corrected chi connectivity index (χ1v) is 8.00. The van der Waals surface area contributed by atoms with Gasteiger partial charge in [-0.15, -0.1) is 24.0 Å². The predicted molar refractivity (Wildman–Crippen MR) is 108 cm³/mol. The molecule has 7 heteroatoms. The number of aliphatic imine (C=N–C) groups is 1. The van der Waals surface area contributed by atoms with E-state index in [0.717, 1.165) is 18.9 Å². The van der Waals surface area contributed by atoms with Crippen molar-refractivity contribution in [3.63, 3.8) is 0 Å². The van der Waals surface area contributed by atoms with Crippen molar-refractivity contribution in [1.29, 1.82) is 0 Å². The lowest BCUT2D eigenvalue weighted by molar-refractivity contribution is 0.0278. The Balaban J connectivity index is 0. The minimum Gasteiger partial charge on any atom is -0.444 e. The molecule has 0 saturated carbocycles. The molecule has 0 saturated heterocycles. The van der Waals surface area contributed by atoms with Gasteiger partial charge in [0.1, 0.15) is 5.60 Å². The number of halogens is 1. The van der Waals surface area contributed by atoms with Gasteiger partial charge in [-0.1, -0.05) is 13.8 Å². The Morgan fingerprint density at radius 3 is 2.30 bits per heavy atom. The van der Waals surface area contributed by atoms with Crippen LogP contribution < -0.4 is 10.6 Å². The third-order valence-electron chi connectivity index (χ3n) is 3.13. The number of ether oxygens (including phenoxy) is 1. The highest BCUT2D eigenvalue weighted by Gasteiger charge is 2.20. The summed E-state index contributed by atoms with van der Waals surface area (Å²) in [6.07, 6.45) is 0.749. The van der Waals surface area contributed by atoms with Gasteiger partial charge in [0.15, 0.2) is 5.96 Å². The minimum absolute atomic E-state index is 0. The average molecular weight is 442 g/mol. The molecular weight excluding hydrogens is 407 g/mol. The Labute approximate surface area is 158 Å². The van der Waals surface area contributed by atoms with Crippen LogP contribution in [0.5, 0.6) is 0 Å². The van der Waals surface area contributed by atoms with E-state index in [1.54, 1.807) is 19.0 Å². The van der Waals surface area contributed by atoms with Crippen molar-refractivity contribution in [3.05, 3.63) is 0 Å². The van der Waals surface area contributed by atoms with E-state index in [1.165, 1.54) is 0 Å². The second-order valence-corrected chi connectivity index (χ2v) is 6.87. The molecule has 1 amide bonds. The fourth-order valence-corrected chi connectivity index (χ4v) is 1.75. The van der Waals surface area contributed by atoms with Gasteiger partial charge in [-0.3, -0.25) is 4.99 Å². The second kappa shape index (κ2) is 11.8. The van der Waals surface area contributed by atoms with Crippen LogP contribution in [0.25, 0.3) is 0 Å². The van der Waals surface area contributed by atoms with Crippen molar-refractivity contribution in [3.8, 4) is 0 Å². The molecule has 0 aliphatic carbocycles. The highest BCUT2D eigenvalue weighted by Crippen LogP contribution is 2.10. The van der Waals surface area contributed by atoms with E-state index in [2.05, 4.69) is 36.4 Å². The minimum atomic E-state index is -0.463. The maximum Gasteiger partial charge on any atom is 0.410 e. The third kappa shape index (κ3) is 12.4. The maximum absolute atomic E-state index is 11.9. The number of hydrogen-bond acceptors (Lipinski definition) is 3. The van der Waals surface area contributed by atoms with E-state index in [9.17, 15) is 4.79 Å². The number of amides is 1. The van der Waals surface area contributed by atoms with Gasteiger partial charge in [-0.25, -0.2) is 4.79 Å². The summed E-state index contributed by atoms with van der Waals surface area (Å²) >= 11 is 0. The summed E-state index contributed by atoms with van der Waals surface area (Å²) in [6, 6.07) is 0.381. The average Bonchev–Trinajstić information content (AvgIpc) is 2.40. The Kier molecular flexibility index (Phi) is 12.5. The van der Waals surface area contributed by atoms with Gasteiger partial charge in [-0.05, 0) is 40.0 Å². The first-order chi connectivity index (χ1) is 10.1. The van der Waals surface area contributed by atoms with Crippen LogP contribution in [0.3, 0.4) is 0 Å². The molecule has 0 rings (SSSR count). The molecule has 0 radical (unpaired) electrons. The van der Waals surface area contributed by atoms with Gasteiger partial charge in [-0.2, -0.15) is 0 Å². The molecule has 2 atom stereocenters. The lowest BCUT2D eigenvalue weighted by Gasteiger charge is -2.27. The van der Waals surface area contributed by atoms with Crippen molar-refractivity contribution in [2.24, 2.45) is 10.9 Å². The molecule has 0 aromatic carbocycles. The molecule has 2 N–H and O–H groups in total. The van der Waals surface area contributed by atoms with Crippen molar-refractivity contribution < 1.29 is 9.53 Å². The first-order valence-electron chi connectivity index (χ1n) is 8.00. The highest BCUT2D eigenvalue weighted by atomic mass is 127. The van der Waals surface area contributed by atoms with Crippen LogP contribution in [0.1, 0.15) is 48.0 Å². The van der Waals surface area contributed by atoms with Gasteiger partial charge in [0.2, 0.25) is 0 Å². The van der Waals surface area contributed by atoms with E-state index >= 15 is 0 Å². The van der Waals surface area contributed by atoms with Crippen LogP contribution in [-0.4, -0.2) is 55.8 Å². The van der Waals surface area contributed by atoms with Crippen LogP contribution in [0.2, 0.25) is 0 Å². The van der Waals surface area contributed by atoms with Gasteiger partial charge >= 0.3 is 6.09 Å². The number of nitrogens with zero attached hydrogens (tertiary/aromatic N) is 2. The molecule has 0 aliphatic heterocycles. The first kappa shape index (κ1) is 24.5. The summed E-state index contributed by atoms with van der Waals surface area (Å²) in [7, 11) is 3.52. The molecule has 0 aliphatic rings. The number of carbonyl (C=O) groups is 1. The lowest BCUT2D eigenvalue weighted by Crippen LogP contribution is -2.45. The summed E-state index contributed by atoms with van der Waals surface area (Å²) in [5.74, 6) is 1.08. The summed E-state index contributed by atoms with van der Waals surface area (Å²) < 4.78 is 5.34. The standard InChI is InChI=1S/C16H34N4O2.HI/c1-9-13(3)19-14(17-7)18-10-12(2)11-20(8)15(21)22-16(4,5)6;/h12-13H,9-11H2,1-8H3,(H2,17,18,19);1H. The topological polar surface area (TPSA) is 66.0 Å². The molecular formula is C16H35IN4O2. The van der Waals surface area contributed by atoms with Crippen LogP contribution in [0.15, 0.2) is 4.99 Å². The Morgan fingerprint density at radius 1 is 1.30 bits per heavy atom. The van der Waals surface area contributed by atoms with Gasteiger partial charge in [0, 0.05) is 33.2 Å². The van der Waals surface area contributed by atoms with Gasteiger partial charge < -0.3 is 20.3 Å². The SMILES string of the molecule is CCC(C)NC(=NC)NCC(C)CN(C)C(=O)OC(C)(C)C.I. The summed E-state index contributed by atoms with van der Waals surface area (Å²) in [5.41, 5.74) is -0.463. The molecule has 2 unspecified atom stereocenters. The fourth-order valence-electron chi connectivity index (χ4n) is 1.75. The van der Waals surface area contributed by atoms with E-state index in [-0.39, 0.29) is 36.0 Å². The molecule has 0 fully saturated rings. The summed E-state index contributed by atoms with van der Waals surface area (Å²) in [4.78, 5) is 17.7. The fraction of sp³-hybridized carbons (Fsp3) is 0.875. The number of hydrogen-bond donors (Lipinski definition) is 2. The quantitative estimate of drug-likeness (QED) is 0.377. The van der Waals surface area contributed by atoms with Crippen LogP contribution in [0.4, 0.5) is 4.79 Å². The molecule has 0 aromatic heterocycles. The van der Waals surface area contributed by atoms with Crippen LogP contribution >= 0.6 is 24.0 Å². The van der Waals surface area contributed by atoms with Gasteiger partial charge in [0.05, 0.1) is 0 Å². The lowest BCUT2D eigenvalue weighted by atomic mass is 10.1. The molecule has 0 heterocycles. The number of rotatable bonds is 6. The van der Waals surface area contributed by atoms with E-state index in [0.29, 0.717) is 12.6 Å². The highest BCUT2D eigenvalue weighted by molar-refractivity contribution is 14.0. The summed E-state index contributed by atoms with van der Waals surface area (Å²) in [6.45, 7) is 13.3. The summed E-state index contributed by atoms with van der Waals surface area (Å²) in [5, 5.41) is 6.60. The molecule has 138 valence electrons. The van der Waals surface area contributed by atoms with E-state index < -0.39 is 5.60 Å². The smallest absolute Gasteiger partial charge is 0.410 e. The maximum atomic E-state index is 11.9. The molecule has 0 bridgehead atoms. The molecule has 0 spiro atoms. The number of guanidine groups is 1. The van der Waals surface area contributed by atoms with Crippen molar-refractivity contribution in [1.82, 2.24) is 15.5 Å². The molecule has 6 nitrogen and oxygen atoms in total. The van der Waals surface area contributed by atoms with Crippen molar-refractivity contribution >= 4 is 36.0 Å². The number of nitrogens with one attached hydrogen (secondary N) is 2. The molecule has 0 aromatic rings. The van der Waals surface area contributed by atoms with Crippen LogP contribution in [0, 0.1) is 5.92 Å². The zero-order chi connectivity index (χ0) is 17.3. The van der Waals surface area contributed by atoms with E-state index in [1.807, 2.05) is 20.8 Å². The monoisotopic (exact) mass is 442 g/mol. The normalized spacial score (nSPS) is 14.3. The zero-order valence-corrected chi connectivity index (χ0v) is 18.2. The Morgan fingerprint density at radius 2 is 1.87 bits per heavy atom. The number of carbonyl (C=O) groups excluding carboxylic acids is 1. The zero-order valence-electron chi connectivity index (χ0n) is 15.9. The van der Waals surface area contributed by atoms with Crippen molar-refractivity contribution in [2.45, 2.75) is 59.6 Å². The largest absolute Gasteiger partial charge is 0.444 e. The second-order valence-electron chi connectivity index (χ2n) is 6.87. The van der Waals surface area contributed by atoms with E-state index in [4.69, 9.17) is 4.74 Å². The van der Waals surface area contributed by atoms with Gasteiger partial charge in [0.25, 0.3) is 0 Å². The Bertz CT molecular complexity index is 370. The Hall–Kier alpha value is -0.730. The third-order valence-corrected chi connectivity index (χ3v) is 3.13. The van der Waals surface area contributed by atoms with Crippen molar-refractivity contribution in [2.75, 3.05) is 27.2 Å².